The van der Waals surface area contributed by atoms with Crippen molar-refractivity contribution in [3.63, 3.8) is 0 Å². The number of nitrogens with zero attached hydrogens (tertiary/aromatic N) is 1. The number of methoxy groups -OCH3 is 1. The van der Waals surface area contributed by atoms with Crippen molar-refractivity contribution < 1.29 is 41.7 Å². The van der Waals surface area contributed by atoms with Gasteiger partial charge in [-0.15, -0.1) is 0 Å². The summed E-state index contributed by atoms with van der Waals surface area (Å²) < 4.78 is 50.1. The summed E-state index contributed by atoms with van der Waals surface area (Å²) in [7, 11) is -3.21. The van der Waals surface area contributed by atoms with Gasteiger partial charge in [0.05, 0.1) is 35.0 Å². The van der Waals surface area contributed by atoms with E-state index in [9.17, 15) is 27.7 Å². The number of carbonyl (C=O) groups is 2. The maximum atomic E-state index is 13.3. The molecule has 0 saturated carbocycles. The quantitative estimate of drug-likeness (QED) is 0.0584. The van der Waals surface area contributed by atoms with E-state index in [4.69, 9.17) is 9.47 Å². The number of carboxylic acid groups (broad SMARTS) is 1. The van der Waals surface area contributed by atoms with Crippen LogP contribution in [0.5, 0.6) is 5.75 Å². The summed E-state index contributed by atoms with van der Waals surface area (Å²) in [6.07, 6.45) is 2.09. The van der Waals surface area contributed by atoms with Gasteiger partial charge in [-0.3, -0.25) is 4.55 Å². The fraction of sp³-hybridized carbons (Fsp3) is 0.186. The van der Waals surface area contributed by atoms with Gasteiger partial charge in [-0.05, 0) is 95.6 Å². The molecule has 1 aromatic heterocycles. The molecule has 0 radical (unpaired) electrons. The second-order valence-corrected chi connectivity index (χ2v) is 14.4. The Morgan fingerprint density at radius 3 is 2.23 bits per heavy atom. The van der Waals surface area contributed by atoms with Crippen LogP contribution in [0.15, 0.2) is 104 Å². The molecule has 53 heavy (non-hydrogen) atoms. The van der Waals surface area contributed by atoms with E-state index in [1.54, 1.807) is 86.8 Å². The molecular formula is C43H39NO8S. The molecule has 5 aromatic carbocycles. The van der Waals surface area contributed by atoms with Crippen LogP contribution < -0.4 is 14.4 Å². The van der Waals surface area contributed by atoms with Gasteiger partial charge in [0.15, 0.2) is 0 Å². The molecule has 0 spiro atoms. The molecule has 1 unspecified atom stereocenters. The van der Waals surface area contributed by atoms with Crippen molar-refractivity contribution in [1.82, 2.24) is 0 Å². The van der Waals surface area contributed by atoms with E-state index in [0.29, 0.717) is 34.4 Å². The molecule has 0 saturated heterocycles. The van der Waals surface area contributed by atoms with Gasteiger partial charge in [0.2, 0.25) is 11.0 Å². The number of fused-ring (bicyclic) bond motifs is 2. The van der Waals surface area contributed by atoms with Crippen LogP contribution in [-0.2, 0) is 21.5 Å². The van der Waals surface area contributed by atoms with Gasteiger partial charge in [-0.2, -0.15) is 13.0 Å². The first kappa shape index (κ1) is 36.9. The highest BCUT2D eigenvalue weighted by molar-refractivity contribution is 7.85. The lowest BCUT2D eigenvalue weighted by atomic mass is 9.87. The molecule has 270 valence electrons. The van der Waals surface area contributed by atoms with Gasteiger partial charge >= 0.3 is 16.1 Å². The van der Waals surface area contributed by atoms with Crippen LogP contribution in [0.4, 0.5) is 0 Å². The summed E-state index contributed by atoms with van der Waals surface area (Å²) in [6.45, 7) is 9.82. The van der Waals surface area contributed by atoms with Crippen LogP contribution in [0.2, 0.25) is 0 Å². The third-order valence-electron chi connectivity index (χ3n) is 9.66. The Morgan fingerprint density at radius 2 is 1.60 bits per heavy atom. The molecule has 0 aliphatic carbocycles. The normalized spacial score (nSPS) is 12.1. The Labute approximate surface area is 308 Å². The van der Waals surface area contributed by atoms with Gasteiger partial charge in [0.25, 0.3) is 5.37 Å². The number of ether oxygens (including phenoxy) is 2. The maximum Gasteiger partial charge on any atom is 0.338 e. The summed E-state index contributed by atoms with van der Waals surface area (Å²) >= 11 is 0. The zero-order chi connectivity index (χ0) is 38.0. The van der Waals surface area contributed by atoms with Crippen LogP contribution in [0, 0.1) is 13.8 Å². The van der Waals surface area contributed by atoms with Gasteiger partial charge in [0.1, 0.15) is 12.4 Å². The number of para-hydroxylation sites is 1. The van der Waals surface area contributed by atoms with Crippen LogP contribution in [0.1, 0.15) is 68.1 Å². The van der Waals surface area contributed by atoms with Crippen LogP contribution in [-0.4, -0.2) is 32.0 Å². The zero-order valence-electron chi connectivity index (χ0n) is 29.9. The van der Waals surface area contributed by atoms with Crippen molar-refractivity contribution >= 4 is 49.9 Å². The number of rotatable bonds is 12. The molecule has 6 rings (SSSR count). The molecule has 0 fully saturated rings. The molecule has 0 amide bonds. The molecule has 6 aromatic rings. The average molecular weight is 730 g/mol. The van der Waals surface area contributed by atoms with Gasteiger partial charge in [0, 0.05) is 18.1 Å². The molecule has 10 heteroatoms. The number of aromatic carboxylic acids is 1. The minimum Gasteiger partial charge on any atom is -0.545 e. The lowest BCUT2D eigenvalue weighted by molar-refractivity contribution is -0.651. The molecule has 0 aliphatic rings. The smallest absolute Gasteiger partial charge is 0.338 e. The first-order chi connectivity index (χ1) is 25.4. The van der Waals surface area contributed by atoms with Crippen molar-refractivity contribution in [3.8, 4) is 28.0 Å². The number of hydrogen-bond donors (Lipinski definition) is 1. The second-order valence-electron chi connectivity index (χ2n) is 12.9. The van der Waals surface area contributed by atoms with E-state index < -0.39 is 27.4 Å². The van der Waals surface area contributed by atoms with Crippen LogP contribution in [0.3, 0.4) is 0 Å². The van der Waals surface area contributed by atoms with E-state index in [1.807, 2.05) is 44.2 Å². The number of carbonyl (C=O) groups excluding carboxylic acids is 2. The minimum absolute atomic E-state index is 0.0269. The largest absolute Gasteiger partial charge is 0.545 e. The molecule has 1 atom stereocenters. The van der Waals surface area contributed by atoms with Gasteiger partial charge in [-0.25, -0.2) is 4.79 Å². The van der Waals surface area contributed by atoms with Crippen molar-refractivity contribution in [2.24, 2.45) is 0 Å². The highest BCUT2D eigenvalue weighted by atomic mass is 32.2. The topological polar surface area (TPSA) is 134 Å². The van der Waals surface area contributed by atoms with Crippen molar-refractivity contribution in [2.75, 3.05) is 7.11 Å². The maximum absolute atomic E-state index is 13.3. The predicted octanol–water partition coefficient (Wildman–Crippen LogP) is 7.79. The Bertz CT molecular complexity index is 2500. The summed E-state index contributed by atoms with van der Waals surface area (Å²) in [4.78, 5) is 26.3. The molecule has 0 bridgehead atoms. The SMILES string of the molecule is C=Cc1ccc(OC)cc1-c1ccc2c(C(=O)[O-])c3ccccc3[n+](C(CCC)S(=O)(=O)O)c2c1-c1ccc(C(=O)OCc2c(C)cccc2C)cc1. The Hall–Kier alpha value is -5.84. The van der Waals surface area contributed by atoms with E-state index in [-0.39, 0.29) is 46.0 Å². The second kappa shape index (κ2) is 15.0. The van der Waals surface area contributed by atoms with Crippen molar-refractivity contribution in [3.05, 3.63) is 137 Å². The number of aromatic nitrogens is 1. The summed E-state index contributed by atoms with van der Waals surface area (Å²) in [6, 6.07) is 27.9. The summed E-state index contributed by atoms with van der Waals surface area (Å²) in [5.74, 6) is -1.44. The molecule has 0 aliphatic heterocycles. The molecule has 1 N–H and O–H groups in total. The zero-order valence-corrected chi connectivity index (χ0v) is 30.7. The standard InChI is InChI=1S/C43H39NO8S/c1-6-11-38(53(48,49)50)44-37-15-9-8-14-33(37)40(42(45)46)34-23-22-32(35-24-31(51-5)21-20-28(35)7-2)39(41(34)44)29-16-18-30(19-17-29)43(47)52-25-36-26(3)12-10-13-27(36)4/h7-10,12-24,38H,2,6,11,25H2,1,3-5H3,(H-,45,46,48,49,50). The minimum atomic E-state index is -4.75. The molecule has 1 heterocycles. The van der Waals surface area contributed by atoms with Gasteiger partial charge in [-0.1, -0.05) is 74.2 Å². The number of aryl methyl sites for hydroxylation is 2. The van der Waals surface area contributed by atoms with Crippen molar-refractivity contribution in [2.45, 2.75) is 45.6 Å². The summed E-state index contributed by atoms with van der Waals surface area (Å²) in [5.41, 5.74) is 6.58. The first-order valence-corrected chi connectivity index (χ1v) is 18.6. The van der Waals surface area contributed by atoms with Crippen LogP contribution >= 0.6 is 0 Å². The van der Waals surface area contributed by atoms with Crippen LogP contribution in [0.25, 0.3) is 50.1 Å². The van der Waals surface area contributed by atoms with E-state index in [1.165, 1.54) is 4.57 Å². The third kappa shape index (κ3) is 7.03. The predicted molar refractivity (Wildman–Crippen MR) is 204 cm³/mol. The number of esters is 1. The monoisotopic (exact) mass is 729 g/mol. The summed E-state index contributed by atoms with van der Waals surface area (Å²) in [5, 5.41) is 11.9. The van der Waals surface area contributed by atoms with E-state index in [2.05, 4.69) is 6.58 Å². The Balaban J connectivity index is 1.69. The Morgan fingerprint density at radius 1 is 0.906 bits per heavy atom. The average Bonchev–Trinajstić information content (AvgIpc) is 3.14. The first-order valence-electron chi connectivity index (χ1n) is 17.1. The molecular weight excluding hydrogens is 691 g/mol. The lowest BCUT2D eigenvalue weighted by Gasteiger charge is -2.21. The van der Waals surface area contributed by atoms with E-state index >= 15 is 0 Å². The fourth-order valence-corrected chi connectivity index (χ4v) is 8.06. The van der Waals surface area contributed by atoms with E-state index in [0.717, 1.165) is 22.3 Å². The molecule has 9 nitrogen and oxygen atoms in total. The number of hydrogen-bond acceptors (Lipinski definition) is 7. The fourth-order valence-electron chi connectivity index (χ4n) is 7.04. The third-order valence-corrected chi connectivity index (χ3v) is 10.8. The number of benzene rings is 5. The number of carboxylic acids is 1. The highest BCUT2D eigenvalue weighted by Gasteiger charge is 2.38. The lowest BCUT2D eigenvalue weighted by Crippen LogP contribution is -2.46. The van der Waals surface area contributed by atoms with Crippen molar-refractivity contribution in [1.29, 1.82) is 0 Å². The highest BCUT2D eigenvalue weighted by Crippen LogP contribution is 2.42. The number of pyridine rings is 1. The Kier molecular flexibility index (Phi) is 10.5. The van der Waals surface area contributed by atoms with Gasteiger partial charge < -0.3 is 19.4 Å².